The summed E-state index contributed by atoms with van der Waals surface area (Å²) in [4.78, 5) is 12.9. The largest absolute Gasteiger partial charge is 0.306 e. The molecule has 1 unspecified atom stereocenters. The van der Waals surface area contributed by atoms with Crippen LogP contribution in [0.25, 0.3) is 0 Å². The Balaban J connectivity index is 2.39. The average molecular weight is 192 g/mol. The molecule has 0 aromatic heterocycles. The molecule has 0 radical (unpaired) electrons. The molecule has 0 N–H and O–H groups in total. The zero-order chi connectivity index (χ0) is 6.85. The Morgan fingerprint density at radius 1 is 1.78 bits per heavy atom. The van der Waals surface area contributed by atoms with E-state index in [1.54, 1.807) is 0 Å². The fourth-order valence-corrected chi connectivity index (χ4v) is 1.49. The van der Waals surface area contributed by atoms with Gasteiger partial charge in [0.05, 0.1) is 0 Å². The van der Waals surface area contributed by atoms with Crippen molar-refractivity contribution in [1.82, 2.24) is 4.90 Å². The molecular weight excluding hydrogens is 182 g/mol. The summed E-state index contributed by atoms with van der Waals surface area (Å²) in [6.45, 7) is 1.98. The molecule has 0 amide bonds. The number of likely N-dealkylation sites (tertiary alicyclic amines) is 1. The first-order chi connectivity index (χ1) is 4.20. The van der Waals surface area contributed by atoms with E-state index in [2.05, 4.69) is 20.8 Å². The summed E-state index contributed by atoms with van der Waals surface area (Å²) in [5, 5.41) is 0. The van der Waals surface area contributed by atoms with E-state index in [4.69, 9.17) is 0 Å². The van der Waals surface area contributed by atoms with Crippen LogP contribution in [0.3, 0.4) is 0 Å². The highest BCUT2D eigenvalue weighted by molar-refractivity contribution is 9.18. The van der Waals surface area contributed by atoms with E-state index in [1.165, 1.54) is 0 Å². The van der Waals surface area contributed by atoms with Crippen LogP contribution in [0, 0.1) is 5.92 Å². The standard InChI is InChI=1S/C6H10BrNO/c1-8-3-2-5(4-8)6(7)9/h5H,2-4H2,1H3. The van der Waals surface area contributed by atoms with Gasteiger partial charge in [-0.05, 0) is 35.9 Å². The summed E-state index contributed by atoms with van der Waals surface area (Å²) in [6.07, 6.45) is 1.01. The summed E-state index contributed by atoms with van der Waals surface area (Å²) >= 11 is 2.96. The highest BCUT2D eigenvalue weighted by atomic mass is 79.9. The second kappa shape index (κ2) is 2.80. The maximum Gasteiger partial charge on any atom is 0.202 e. The zero-order valence-corrected chi connectivity index (χ0v) is 7.02. The number of carbonyl (C=O) groups is 1. The Bertz CT molecular complexity index is 126. The van der Waals surface area contributed by atoms with Crippen LogP contribution in [0.15, 0.2) is 0 Å². The molecule has 0 aromatic carbocycles. The molecule has 0 saturated carbocycles. The number of hydrogen-bond donors (Lipinski definition) is 0. The van der Waals surface area contributed by atoms with Gasteiger partial charge in [-0.25, -0.2) is 0 Å². The van der Waals surface area contributed by atoms with Gasteiger partial charge in [0.1, 0.15) is 0 Å². The first-order valence-electron chi connectivity index (χ1n) is 3.08. The maximum absolute atomic E-state index is 10.7. The Morgan fingerprint density at radius 3 is 2.67 bits per heavy atom. The molecule has 1 aliphatic rings. The Labute approximate surface area is 63.3 Å². The average Bonchev–Trinajstić information content (AvgIpc) is 2.14. The van der Waals surface area contributed by atoms with Crippen LogP contribution in [0.5, 0.6) is 0 Å². The van der Waals surface area contributed by atoms with Crippen molar-refractivity contribution in [3.63, 3.8) is 0 Å². The third-order valence-corrected chi connectivity index (χ3v) is 2.36. The molecule has 1 saturated heterocycles. The van der Waals surface area contributed by atoms with Gasteiger partial charge >= 0.3 is 0 Å². The molecule has 1 aliphatic heterocycles. The molecule has 1 heterocycles. The SMILES string of the molecule is CN1CCC(C(=O)Br)C1. The molecule has 0 spiro atoms. The molecule has 0 aliphatic carbocycles. The van der Waals surface area contributed by atoms with Crippen LogP contribution in [-0.2, 0) is 4.79 Å². The molecule has 0 aromatic rings. The third kappa shape index (κ3) is 1.76. The number of hydrogen-bond acceptors (Lipinski definition) is 2. The van der Waals surface area contributed by atoms with Crippen molar-refractivity contribution in [2.24, 2.45) is 5.92 Å². The lowest BCUT2D eigenvalue weighted by molar-refractivity contribution is -0.113. The minimum absolute atomic E-state index is 0.159. The third-order valence-electron chi connectivity index (χ3n) is 1.71. The Hall–Kier alpha value is 0.110. The van der Waals surface area contributed by atoms with E-state index in [0.717, 1.165) is 19.5 Å². The molecular formula is C6H10BrNO. The minimum Gasteiger partial charge on any atom is -0.306 e. The Kier molecular flexibility index (Phi) is 2.24. The van der Waals surface area contributed by atoms with Crippen molar-refractivity contribution in [2.75, 3.05) is 20.1 Å². The lowest BCUT2D eigenvalue weighted by atomic mass is 10.1. The summed E-state index contributed by atoms with van der Waals surface area (Å²) < 4.78 is 0.159. The Morgan fingerprint density at radius 2 is 2.44 bits per heavy atom. The van der Waals surface area contributed by atoms with Crippen LogP contribution >= 0.6 is 15.9 Å². The van der Waals surface area contributed by atoms with Crippen molar-refractivity contribution in [3.05, 3.63) is 0 Å². The summed E-state index contributed by atoms with van der Waals surface area (Å²) in [6, 6.07) is 0. The summed E-state index contributed by atoms with van der Waals surface area (Å²) in [7, 11) is 2.04. The fourth-order valence-electron chi connectivity index (χ4n) is 1.12. The van der Waals surface area contributed by atoms with Gasteiger partial charge in [0.25, 0.3) is 0 Å². The second-order valence-corrected chi connectivity index (χ2v) is 3.33. The topological polar surface area (TPSA) is 20.3 Å². The lowest BCUT2D eigenvalue weighted by Crippen LogP contribution is -2.16. The quantitative estimate of drug-likeness (QED) is 0.574. The first kappa shape index (κ1) is 7.22. The maximum atomic E-state index is 10.7. The smallest absolute Gasteiger partial charge is 0.202 e. The fraction of sp³-hybridized carbons (Fsp3) is 0.833. The van der Waals surface area contributed by atoms with Crippen molar-refractivity contribution < 1.29 is 4.79 Å². The molecule has 3 heteroatoms. The van der Waals surface area contributed by atoms with E-state index in [9.17, 15) is 4.79 Å². The lowest BCUT2D eigenvalue weighted by Gasteiger charge is -2.04. The van der Waals surface area contributed by atoms with E-state index in [1.807, 2.05) is 7.05 Å². The molecule has 2 nitrogen and oxygen atoms in total. The number of halogens is 1. The normalized spacial score (nSPS) is 28.9. The van der Waals surface area contributed by atoms with Gasteiger partial charge in [-0.2, -0.15) is 0 Å². The number of rotatable bonds is 1. The monoisotopic (exact) mass is 191 g/mol. The first-order valence-corrected chi connectivity index (χ1v) is 3.87. The van der Waals surface area contributed by atoms with E-state index in [0.29, 0.717) is 0 Å². The van der Waals surface area contributed by atoms with Crippen LogP contribution in [0.2, 0.25) is 0 Å². The van der Waals surface area contributed by atoms with Crippen LogP contribution in [-0.4, -0.2) is 29.7 Å². The van der Waals surface area contributed by atoms with Gasteiger partial charge in [0.15, 0.2) is 0 Å². The molecule has 1 rings (SSSR count). The van der Waals surface area contributed by atoms with Crippen molar-refractivity contribution in [2.45, 2.75) is 6.42 Å². The highest BCUT2D eigenvalue weighted by Crippen LogP contribution is 2.17. The predicted octanol–water partition coefficient (Wildman–Crippen LogP) is 0.860. The van der Waals surface area contributed by atoms with E-state index < -0.39 is 0 Å². The molecule has 52 valence electrons. The highest BCUT2D eigenvalue weighted by Gasteiger charge is 2.23. The van der Waals surface area contributed by atoms with Crippen LogP contribution < -0.4 is 0 Å². The van der Waals surface area contributed by atoms with Gasteiger partial charge < -0.3 is 4.90 Å². The van der Waals surface area contributed by atoms with Crippen molar-refractivity contribution in [1.29, 1.82) is 0 Å². The molecule has 9 heavy (non-hydrogen) atoms. The second-order valence-electron chi connectivity index (χ2n) is 2.55. The molecule has 1 fully saturated rings. The number of carbonyl (C=O) groups excluding carboxylic acids is 1. The van der Waals surface area contributed by atoms with Gasteiger partial charge in [-0.3, -0.25) is 4.79 Å². The van der Waals surface area contributed by atoms with Crippen LogP contribution in [0.4, 0.5) is 0 Å². The summed E-state index contributed by atoms with van der Waals surface area (Å²) in [5.41, 5.74) is 0. The van der Waals surface area contributed by atoms with Gasteiger partial charge in [0.2, 0.25) is 4.69 Å². The van der Waals surface area contributed by atoms with Gasteiger partial charge in [-0.1, -0.05) is 0 Å². The number of nitrogens with zero attached hydrogens (tertiary/aromatic N) is 1. The predicted molar refractivity (Wildman–Crippen MR) is 39.5 cm³/mol. The zero-order valence-electron chi connectivity index (χ0n) is 5.43. The molecule has 1 atom stereocenters. The van der Waals surface area contributed by atoms with Gasteiger partial charge in [0, 0.05) is 12.5 Å². The minimum atomic E-state index is 0.159. The van der Waals surface area contributed by atoms with E-state index >= 15 is 0 Å². The van der Waals surface area contributed by atoms with Gasteiger partial charge in [-0.15, -0.1) is 0 Å². The van der Waals surface area contributed by atoms with Crippen LogP contribution in [0.1, 0.15) is 6.42 Å². The van der Waals surface area contributed by atoms with Crippen molar-refractivity contribution in [3.8, 4) is 0 Å². The molecule has 0 bridgehead atoms. The van der Waals surface area contributed by atoms with E-state index in [-0.39, 0.29) is 10.6 Å². The summed E-state index contributed by atoms with van der Waals surface area (Å²) in [5.74, 6) is 0.245. The van der Waals surface area contributed by atoms with Crippen molar-refractivity contribution >= 4 is 20.6 Å².